The first-order valence-corrected chi connectivity index (χ1v) is 9.33. The van der Waals surface area contributed by atoms with Crippen molar-refractivity contribution in [3.05, 3.63) is 63.7 Å². The van der Waals surface area contributed by atoms with E-state index in [4.69, 9.17) is 4.74 Å². The van der Waals surface area contributed by atoms with E-state index in [1.807, 2.05) is 26.0 Å². The Morgan fingerprint density at radius 3 is 2.70 bits per heavy atom. The third-order valence-electron chi connectivity index (χ3n) is 4.81. The van der Waals surface area contributed by atoms with Crippen molar-refractivity contribution in [3.8, 4) is 0 Å². The summed E-state index contributed by atoms with van der Waals surface area (Å²) in [6.45, 7) is 3.38. The summed E-state index contributed by atoms with van der Waals surface area (Å²) in [5, 5.41) is 13.6. The van der Waals surface area contributed by atoms with Crippen LogP contribution in [0.4, 0.5) is 17.1 Å². The molecule has 0 radical (unpaired) electrons. The number of nitrogens with one attached hydrogen (secondary N) is 1. The number of ether oxygens (including phenoxy) is 1. The maximum atomic E-state index is 12.3. The van der Waals surface area contributed by atoms with Crippen LogP contribution in [0, 0.1) is 29.9 Å². The van der Waals surface area contributed by atoms with Crippen LogP contribution in [0.15, 0.2) is 42.5 Å². The zero-order valence-corrected chi connectivity index (χ0v) is 16.6. The molecule has 0 spiro atoms. The summed E-state index contributed by atoms with van der Waals surface area (Å²) in [5.41, 5.74) is 2.79. The average molecular weight is 411 g/mol. The van der Waals surface area contributed by atoms with Gasteiger partial charge in [-0.05, 0) is 31.5 Å². The van der Waals surface area contributed by atoms with Crippen LogP contribution < -0.4 is 10.2 Å². The smallest absolute Gasteiger partial charge is 0.311 e. The quantitative estimate of drug-likeness (QED) is 0.443. The lowest BCUT2D eigenvalue weighted by Gasteiger charge is -2.16. The van der Waals surface area contributed by atoms with Gasteiger partial charge >= 0.3 is 5.97 Å². The second kappa shape index (κ2) is 8.73. The lowest BCUT2D eigenvalue weighted by atomic mass is 10.1. The number of rotatable bonds is 6. The third-order valence-corrected chi connectivity index (χ3v) is 4.81. The van der Waals surface area contributed by atoms with Crippen molar-refractivity contribution in [3.63, 3.8) is 0 Å². The van der Waals surface area contributed by atoms with Crippen LogP contribution in [-0.2, 0) is 19.1 Å². The van der Waals surface area contributed by atoms with Crippen LogP contribution in [0.1, 0.15) is 17.5 Å². The Morgan fingerprint density at radius 1 is 1.23 bits per heavy atom. The topological polar surface area (TPSA) is 119 Å². The van der Waals surface area contributed by atoms with Crippen molar-refractivity contribution in [1.29, 1.82) is 0 Å². The van der Waals surface area contributed by atoms with E-state index >= 15 is 0 Å². The molecule has 1 aliphatic heterocycles. The Labute approximate surface area is 172 Å². The van der Waals surface area contributed by atoms with Gasteiger partial charge in [0.25, 0.3) is 11.6 Å². The van der Waals surface area contributed by atoms with Gasteiger partial charge in [-0.2, -0.15) is 0 Å². The molecule has 1 saturated heterocycles. The Morgan fingerprint density at radius 2 is 2.00 bits per heavy atom. The number of hydrogen-bond acceptors (Lipinski definition) is 6. The van der Waals surface area contributed by atoms with Crippen LogP contribution >= 0.6 is 0 Å². The van der Waals surface area contributed by atoms with E-state index in [0.29, 0.717) is 11.4 Å². The second-order valence-corrected chi connectivity index (χ2v) is 7.16. The molecule has 1 atom stereocenters. The molecule has 3 rings (SSSR count). The highest BCUT2D eigenvalue weighted by Crippen LogP contribution is 2.28. The monoisotopic (exact) mass is 411 g/mol. The number of nitro benzene ring substituents is 1. The number of benzene rings is 2. The predicted octanol–water partition coefficient (Wildman–Crippen LogP) is 2.75. The highest BCUT2D eigenvalue weighted by molar-refractivity contribution is 6.00. The van der Waals surface area contributed by atoms with Gasteiger partial charge in [0.15, 0.2) is 6.61 Å². The maximum Gasteiger partial charge on any atom is 0.311 e. The summed E-state index contributed by atoms with van der Waals surface area (Å²) in [4.78, 5) is 48.4. The van der Waals surface area contributed by atoms with Crippen molar-refractivity contribution in [2.45, 2.75) is 20.3 Å². The fourth-order valence-electron chi connectivity index (χ4n) is 3.28. The number of nitro groups is 1. The number of nitrogens with zero attached hydrogens (tertiary/aromatic N) is 2. The molecule has 9 nitrogen and oxygen atoms in total. The first kappa shape index (κ1) is 21.0. The van der Waals surface area contributed by atoms with Crippen molar-refractivity contribution in [1.82, 2.24) is 0 Å². The number of hydrogen-bond donors (Lipinski definition) is 1. The largest absolute Gasteiger partial charge is 0.455 e. The summed E-state index contributed by atoms with van der Waals surface area (Å²) < 4.78 is 5.08. The van der Waals surface area contributed by atoms with Gasteiger partial charge in [0, 0.05) is 30.8 Å². The Kier molecular flexibility index (Phi) is 6.10. The van der Waals surface area contributed by atoms with E-state index in [9.17, 15) is 24.5 Å². The van der Waals surface area contributed by atoms with Gasteiger partial charge in [0.2, 0.25) is 5.91 Å². The maximum absolute atomic E-state index is 12.3. The molecular weight excluding hydrogens is 390 g/mol. The molecule has 1 fully saturated rings. The molecule has 2 aromatic rings. The first-order chi connectivity index (χ1) is 14.2. The lowest BCUT2D eigenvalue weighted by Crippen LogP contribution is -2.28. The van der Waals surface area contributed by atoms with Crippen LogP contribution in [0.2, 0.25) is 0 Å². The third kappa shape index (κ3) is 4.80. The van der Waals surface area contributed by atoms with E-state index in [1.165, 1.54) is 23.1 Å². The molecule has 1 heterocycles. The van der Waals surface area contributed by atoms with E-state index in [0.717, 1.165) is 11.1 Å². The fraction of sp³-hybridized carbons (Fsp3) is 0.286. The van der Waals surface area contributed by atoms with Crippen LogP contribution in [0.25, 0.3) is 0 Å². The zero-order valence-electron chi connectivity index (χ0n) is 16.6. The predicted molar refractivity (Wildman–Crippen MR) is 109 cm³/mol. The number of amides is 2. The summed E-state index contributed by atoms with van der Waals surface area (Å²) in [6.07, 6.45) is -0.0831. The summed E-state index contributed by atoms with van der Waals surface area (Å²) in [6, 6.07) is 11.2. The first-order valence-electron chi connectivity index (χ1n) is 9.33. The lowest BCUT2D eigenvalue weighted by molar-refractivity contribution is -0.384. The molecule has 9 heteroatoms. The number of carbonyl (C=O) groups excluding carboxylic acids is 3. The molecule has 156 valence electrons. The molecule has 2 aromatic carbocycles. The van der Waals surface area contributed by atoms with Gasteiger partial charge in [0.05, 0.1) is 16.5 Å². The van der Waals surface area contributed by atoms with E-state index in [2.05, 4.69) is 5.32 Å². The highest BCUT2D eigenvalue weighted by atomic mass is 16.6. The van der Waals surface area contributed by atoms with Gasteiger partial charge in [-0.15, -0.1) is 0 Å². The number of carbonyl (C=O) groups is 3. The fourth-order valence-corrected chi connectivity index (χ4v) is 3.28. The highest BCUT2D eigenvalue weighted by Gasteiger charge is 2.36. The van der Waals surface area contributed by atoms with Crippen molar-refractivity contribution >= 4 is 34.8 Å². The number of esters is 1. The van der Waals surface area contributed by atoms with E-state index in [1.54, 1.807) is 12.1 Å². The SMILES string of the molecule is Cc1ccc(NC(=O)COC(=O)[C@@H]2CC(=O)N(c3cccc([N+](=O)[O-])c3)C2)c(C)c1. The Hall–Kier alpha value is -3.75. The molecule has 0 aliphatic carbocycles. The molecule has 0 aromatic heterocycles. The number of non-ortho nitro benzene ring substituents is 1. The average Bonchev–Trinajstić information content (AvgIpc) is 3.10. The molecule has 0 bridgehead atoms. The molecule has 1 N–H and O–H groups in total. The van der Waals surface area contributed by atoms with Gasteiger partial charge in [0.1, 0.15) is 0 Å². The number of anilines is 2. The Balaban J connectivity index is 1.56. The van der Waals surface area contributed by atoms with Gasteiger partial charge in [-0.1, -0.05) is 23.8 Å². The minimum Gasteiger partial charge on any atom is -0.455 e. The summed E-state index contributed by atoms with van der Waals surface area (Å²) in [5.74, 6) is -2.22. The molecule has 2 amide bonds. The van der Waals surface area contributed by atoms with Crippen molar-refractivity contribution < 1.29 is 24.0 Å². The van der Waals surface area contributed by atoms with Crippen LogP contribution in [0.5, 0.6) is 0 Å². The van der Waals surface area contributed by atoms with Gasteiger partial charge in [-0.3, -0.25) is 24.5 Å². The molecule has 30 heavy (non-hydrogen) atoms. The Bertz CT molecular complexity index is 1020. The minimum absolute atomic E-state index is 0.0392. The van der Waals surface area contributed by atoms with Crippen molar-refractivity contribution in [2.24, 2.45) is 5.92 Å². The minimum atomic E-state index is -0.745. The second-order valence-electron chi connectivity index (χ2n) is 7.16. The standard InChI is InChI=1S/C21H21N3O6/c1-13-6-7-18(14(2)8-13)22-19(25)12-30-21(27)15-9-20(26)23(11-15)16-4-3-5-17(10-16)24(28)29/h3-8,10,15H,9,11-12H2,1-2H3,(H,22,25)/t15-/m1/s1. The zero-order chi connectivity index (χ0) is 21.8. The molecule has 1 aliphatic rings. The van der Waals surface area contributed by atoms with Gasteiger partial charge < -0.3 is 15.0 Å². The van der Waals surface area contributed by atoms with E-state index in [-0.39, 0.29) is 24.6 Å². The molecule has 0 saturated carbocycles. The van der Waals surface area contributed by atoms with Crippen molar-refractivity contribution in [2.75, 3.05) is 23.4 Å². The molecular formula is C21H21N3O6. The van der Waals surface area contributed by atoms with Gasteiger partial charge in [-0.25, -0.2) is 0 Å². The summed E-state index contributed by atoms with van der Waals surface area (Å²) >= 11 is 0. The summed E-state index contributed by atoms with van der Waals surface area (Å²) in [7, 11) is 0. The molecule has 0 unspecified atom stereocenters. The van der Waals surface area contributed by atoms with Crippen LogP contribution in [0.3, 0.4) is 0 Å². The normalized spacial score (nSPS) is 15.7. The number of aryl methyl sites for hydroxylation is 2. The van der Waals surface area contributed by atoms with E-state index < -0.39 is 29.3 Å². The van der Waals surface area contributed by atoms with Crippen LogP contribution in [-0.4, -0.2) is 35.9 Å².